The molecular formula is C27H31F2N3O5. The number of H-pyrrole nitrogens is 1. The van der Waals surface area contributed by atoms with Crippen molar-refractivity contribution in [2.45, 2.75) is 32.0 Å². The number of ether oxygens (including phenoxy) is 3. The topological polar surface area (TPSA) is 87.3 Å². The fourth-order valence-corrected chi connectivity index (χ4v) is 5.21. The number of methoxy groups -OCH3 is 1. The second-order valence-corrected chi connectivity index (χ2v) is 9.62. The third kappa shape index (κ3) is 5.27. The van der Waals surface area contributed by atoms with E-state index in [9.17, 15) is 18.7 Å². The van der Waals surface area contributed by atoms with Crippen LogP contribution in [0.1, 0.15) is 33.1 Å². The minimum absolute atomic E-state index is 0.0664. The van der Waals surface area contributed by atoms with E-state index in [0.29, 0.717) is 39.4 Å². The molecule has 10 heteroatoms. The minimum Gasteiger partial charge on any atom is -0.496 e. The quantitative estimate of drug-likeness (QED) is 0.444. The molecule has 3 aromatic rings. The van der Waals surface area contributed by atoms with Crippen LogP contribution in [-0.4, -0.2) is 84.9 Å². The van der Waals surface area contributed by atoms with Crippen LogP contribution < -0.4 is 9.47 Å². The molecule has 2 aliphatic rings. The maximum atomic E-state index is 13.3. The van der Waals surface area contributed by atoms with Gasteiger partial charge in [0.1, 0.15) is 23.2 Å². The Balaban J connectivity index is 1.51. The van der Waals surface area contributed by atoms with Crippen molar-refractivity contribution in [1.82, 2.24) is 14.8 Å². The number of hydrogen-bond donors (Lipinski definition) is 2. The zero-order chi connectivity index (χ0) is 26.1. The standard InChI is InChI=1S/C27H31F2N3O5/c1-16-9-23(35-2)21(19-5-6-30-26(16)19)11-32-8-7-31(13-25(28)29)12-22(32)17-3-4-20(27(33)34)24(10-17)37-18-14-36-15-18/h3-6,9-10,18,22,25,30H,7-8,11-15H2,1-2H3,(H,33,34). The molecule has 2 saturated heterocycles. The summed E-state index contributed by atoms with van der Waals surface area (Å²) in [5.41, 5.74) is 4.01. The van der Waals surface area contributed by atoms with Crippen LogP contribution in [0.3, 0.4) is 0 Å². The van der Waals surface area contributed by atoms with Crippen LogP contribution in [0.5, 0.6) is 11.5 Å². The predicted octanol–water partition coefficient (Wildman–Crippen LogP) is 4.08. The van der Waals surface area contributed by atoms with Gasteiger partial charge in [-0.2, -0.15) is 0 Å². The number of hydrogen-bond acceptors (Lipinski definition) is 6. The van der Waals surface area contributed by atoms with Gasteiger partial charge in [-0.15, -0.1) is 0 Å². The van der Waals surface area contributed by atoms with Gasteiger partial charge in [0, 0.05) is 54.9 Å². The summed E-state index contributed by atoms with van der Waals surface area (Å²) in [5.74, 6) is -0.0420. The number of nitrogens with one attached hydrogen (secondary N) is 1. The van der Waals surface area contributed by atoms with E-state index >= 15 is 0 Å². The first-order chi connectivity index (χ1) is 17.8. The summed E-state index contributed by atoms with van der Waals surface area (Å²) in [6.07, 6.45) is -0.738. The lowest BCUT2D eigenvalue weighted by molar-refractivity contribution is -0.0800. The molecule has 37 heavy (non-hydrogen) atoms. The molecular weight excluding hydrogens is 484 g/mol. The molecule has 0 bridgehead atoms. The van der Waals surface area contributed by atoms with Crippen molar-refractivity contribution in [3.8, 4) is 11.5 Å². The number of piperazine rings is 1. The first-order valence-electron chi connectivity index (χ1n) is 12.3. The Morgan fingerprint density at radius 2 is 2.03 bits per heavy atom. The predicted molar refractivity (Wildman–Crippen MR) is 134 cm³/mol. The van der Waals surface area contributed by atoms with Gasteiger partial charge in [0.05, 0.1) is 26.9 Å². The summed E-state index contributed by atoms with van der Waals surface area (Å²) < 4.78 is 43.4. The molecule has 2 N–H and O–H groups in total. The summed E-state index contributed by atoms with van der Waals surface area (Å²) in [7, 11) is 1.65. The Bertz CT molecular complexity index is 1280. The van der Waals surface area contributed by atoms with Crippen molar-refractivity contribution in [1.29, 1.82) is 0 Å². The van der Waals surface area contributed by atoms with Crippen LogP contribution in [0, 0.1) is 6.92 Å². The summed E-state index contributed by atoms with van der Waals surface area (Å²) in [6, 6.07) is 8.81. The molecule has 1 atom stereocenters. The monoisotopic (exact) mass is 515 g/mol. The maximum absolute atomic E-state index is 13.3. The van der Waals surface area contributed by atoms with Crippen LogP contribution in [0.4, 0.5) is 8.78 Å². The van der Waals surface area contributed by atoms with Gasteiger partial charge in [-0.25, -0.2) is 13.6 Å². The highest BCUT2D eigenvalue weighted by Crippen LogP contribution is 2.36. The fraction of sp³-hybridized carbons (Fsp3) is 0.444. The number of aromatic carboxylic acids is 1. The molecule has 5 rings (SSSR count). The van der Waals surface area contributed by atoms with Crippen LogP contribution >= 0.6 is 0 Å². The molecule has 1 unspecified atom stereocenters. The molecule has 198 valence electrons. The maximum Gasteiger partial charge on any atom is 0.339 e. The number of carboxylic acid groups (broad SMARTS) is 1. The largest absolute Gasteiger partial charge is 0.496 e. The molecule has 3 heterocycles. The number of carbonyl (C=O) groups is 1. The summed E-state index contributed by atoms with van der Waals surface area (Å²) in [4.78, 5) is 19.1. The number of fused-ring (bicyclic) bond motifs is 1. The van der Waals surface area contributed by atoms with Crippen LogP contribution in [0.2, 0.25) is 0 Å². The van der Waals surface area contributed by atoms with Crippen LogP contribution in [0.15, 0.2) is 36.5 Å². The average Bonchev–Trinajstić information content (AvgIpc) is 3.34. The van der Waals surface area contributed by atoms with Crippen molar-refractivity contribution in [2.75, 3.05) is 46.5 Å². The van der Waals surface area contributed by atoms with Gasteiger partial charge in [0.2, 0.25) is 0 Å². The normalized spacial score (nSPS) is 19.3. The number of alkyl halides is 2. The lowest BCUT2D eigenvalue weighted by atomic mass is 9.97. The van der Waals surface area contributed by atoms with Crippen molar-refractivity contribution in [2.24, 2.45) is 0 Å². The third-order valence-corrected chi connectivity index (χ3v) is 7.19. The van der Waals surface area contributed by atoms with E-state index in [-0.39, 0.29) is 30.0 Å². The highest BCUT2D eigenvalue weighted by atomic mass is 19.3. The van der Waals surface area contributed by atoms with E-state index in [1.165, 1.54) is 6.07 Å². The number of carboxylic acids is 1. The zero-order valence-electron chi connectivity index (χ0n) is 20.9. The number of nitrogens with zero attached hydrogens (tertiary/aromatic N) is 2. The van der Waals surface area contributed by atoms with E-state index in [1.807, 2.05) is 25.3 Å². The van der Waals surface area contributed by atoms with Gasteiger partial charge in [0.15, 0.2) is 0 Å². The van der Waals surface area contributed by atoms with Gasteiger partial charge in [-0.05, 0) is 42.3 Å². The van der Waals surface area contributed by atoms with Crippen LogP contribution in [0.25, 0.3) is 10.9 Å². The van der Waals surface area contributed by atoms with E-state index < -0.39 is 12.4 Å². The Kier molecular flexibility index (Phi) is 7.32. The van der Waals surface area contributed by atoms with Gasteiger partial charge >= 0.3 is 5.97 Å². The van der Waals surface area contributed by atoms with Gasteiger partial charge in [-0.3, -0.25) is 9.80 Å². The smallest absolute Gasteiger partial charge is 0.339 e. The fourth-order valence-electron chi connectivity index (χ4n) is 5.21. The minimum atomic E-state index is -2.43. The molecule has 2 aliphatic heterocycles. The van der Waals surface area contributed by atoms with Crippen molar-refractivity contribution < 1.29 is 32.9 Å². The van der Waals surface area contributed by atoms with E-state index in [2.05, 4.69) is 9.88 Å². The SMILES string of the molecule is COc1cc(C)c2[nH]ccc2c1CN1CCN(CC(F)F)CC1c1ccc(C(=O)O)c(OC2COC2)c1. The number of benzene rings is 2. The number of aromatic amines is 1. The Hall–Kier alpha value is -3.21. The first-order valence-corrected chi connectivity index (χ1v) is 12.3. The summed E-state index contributed by atoms with van der Waals surface area (Å²) in [6.45, 7) is 4.51. The average molecular weight is 516 g/mol. The molecule has 2 fully saturated rings. The number of rotatable bonds is 9. The van der Waals surface area contributed by atoms with E-state index in [1.54, 1.807) is 24.1 Å². The summed E-state index contributed by atoms with van der Waals surface area (Å²) >= 11 is 0. The summed E-state index contributed by atoms with van der Waals surface area (Å²) in [5, 5.41) is 10.7. The molecule has 2 aromatic carbocycles. The second kappa shape index (κ2) is 10.6. The third-order valence-electron chi connectivity index (χ3n) is 7.19. The highest BCUT2D eigenvalue weighted by molar-refractivity contribution is 5.91. The lowest BCUT2D eigenvalue weighted by Crippen LogP contribution is -2.49. The lowest BCUT2D eigenvalue weighted by Gasteiger charge is -2.42. The molecule has 0 amide bonds. The van der Waals surface area contributed by atoms with E-state index in [4.69, 9.17) is 14.2 Å². The zero-order valence-corrected chi connectivity index (χ0v) is 20.9. The highest BCUT2D eigenvalue weighted by Gasteiger charge is 2.32. The number of aryl methyl sites for hydroxylation is 1. The Morgan fingerprint density at radius 3 is 2.70 bits per heavy atom. The van der Waals surface area contributed by atoms with Crippen molar-refractivity contribution >= 4 is 16.9 Å². The van der Waals surface area contributed by atoms with E-state index in [0.717, 1.165) is 33.3 Å². The van der Waals surface area contributed by atoms with Gasteiger partial charge < -0.3 is 24.3 Å². The van der Waals surface area contributed by atoms with Gasteiger partial charge in [0.25, 0.3) is 6.43 Å². The molecule has 8 nitrogen and oxygen atoms in total. The molecule has 1 aromatic heterocycles. The Morgan fingerprint density at radius 1 is 1.22 bits per heavy atom. The van der Waals surface area contributed by atoms with Gasteiger partial charge in [-0.1, -0.05) is 6.07 Å². The molecule has 0 aliphatic carbocycles. The molecule has 0 saturated carbocycles. The molecule has 0 radical (unpaired) electrons. The molecule has 0 spiro atoms. The van der Waals surface area contributed by atoms with Crippen LogP contribution in [-0.2, 0) is 11.3 Å². The van der Waals surface area contributed by atoms with Crippen molar-refractivity contribution in [3.63, 3.8) is 0 Å². The first kappa shape index (κ1) is 25.4. The second-order valence-electron chi connectivity index (χ2n) is 9.62. The number of halogens is 2. The number of aromatic nitrogens is 1. The van der Waals surface area contributed by atoms with Crippen molar-refractivity contribution in [3.05, 3.63) is 58.8 Å². The Labute approximate surface area is 213 Å².